The van der Waals surface area contributed by atoms with E-state index >= 15 is 0 Å². The molecular weight excluding hydrogens is 935 g/mol. The van der Waals surface area contributed by atoms with Crippen LogP contribution in [-0.4, -0.2) is 87.5 Å². The smallest absolute Gasteiger partial charge is 0.220 e. The number of hydrogen-bond donors (Lipinski definition) is 6. The predicted octanol–water partition coefficient (Wildman–Crippen LogP) is 17.3. The molecule has 9 nitrogen and oxygen atoms in total. The fraction of sp³-hybridized carbons (Fsp3) is 0.924. The Hall–Kier alpha value is -1.33. The van der Waals surface area contributed by atoms with E-state index in [1.54, 1.807) is 6.08 Å². The highest BCUT2D eigenvalue weighted by atomic mass is 16.7. The molecule has 1 fully saturated rings. The maximum absolute atomic E-state index is 13.1. The van der Waals surface area contributed by atoms with Crippen LogP contribution in [0, 0.1) is 0 Å². The number of carbonyl (C=O) groups excluding carboxylic acids is 1. The van der Waals surface area contributed by atoms with Crippen LogP contribution in [0.1, 0.15) is 335 Å². The third-order valence-electron chi connectivity index (χ3n) is 16.0. The van der Waals surface area contributed by atoms with Crippen molar-refractivity contribution in [2.45, 2.75) is 378 Å². The van der Waals surface area contributed by atoms with Crippen LogP contribution in [0.3, 0.4) is 0 Å². The minimum absolute atomic E-state index is 0.170. The van der Waals surface area contributed by atoms with Gasteiger partial charge in [-0.3, -0.25) is 4.79 Å². The molecule has 0 bridgehead atoms. The van der Waals surface area contributed by atoms with Gasteiger partial charge in [-0.15, -0.1) is 0 Å². The predicted molar refractivity (Wildman–Crippen MR) is 318 cm³/mol. The third-order valence-corrected chi connectivity index (χ3v) is 16.0. The zero-order chi connectivity index (χ0) is 54.3. The molecule has 1 aliphatic heterocycles. The average molecular weight is 1060 g/mol. The van der Waals surface area contributed by atoms with Crippen molar-refractivity contribution in [1.82, 2.24) is 5.32 Å². The van der Waals surface area contributed by atoms with Crippen LogP contribution in [0.4, 0.5) is 0 Å². The molecule has 0 radical (unpaired) electrons. The Kier molecular flexibility index (Phi) is 53.5. The number of aliphatic hydroxyl groups is 5. The first-order valence-corrected chi connectivity index (χ1v) is 33.1. The Morgan fingerprint density at radius 1 is 0.440 bits per heavy atom. The SMILES string of the molecule is CCCCCCCCCCCCCCCC/C=C\CCCCCCCCCCCCCCCCCCCC(=O)NC(COC1OC(CO)C(O)C(O)C1O)C(O)/C=C/CCCCCCCCCCCCCCCCC. The van der Waals surface area contributed by atoms with Crippen molar-refractivity contribution in [1.29, 1.82) is 0 Å². The lowest BCUT2D eigenvalue weighted by molar-refractivity contribution is -0.302. The van der Waals surface area contributed by atoms with Crippen LogP contribution < -0.4 is 5.32 Å². The molecule has 0 spiro atoms. The minimum atomic E-state index is -1.56. The Balaban J connectivity index is 2.09. The molecule has 9 heteroatoms. The van der Waals surface area contributed by atoms with E-state index < -0.39 is 49.5 Å². The minimum Gasteiger partial charge on any atom is -0.394 e. The van der Waals surface area contributed by atoms with Crippen molar-refractivity contribution in [3.8, 4) is 0 Å². The Morgan fingerprint density at radius 2 is 0.747 bits per heavy atom. The van der Waals surface area contributed by atoms with E-state index in [0.29, 0.717) is 6.42 Å². The Morgan fingerprint density at radius 3 is 1.08 bits per heavy atom. The van der Waals surface area contributed by atoms with Crippen molar-refractivity contribution >= 4 is 5.91 Å². The van der Waals surface area contributed by atoms with Gasteiger partial charge in [0.1, 0.15) is 24.4 Å². The fourth-order valence-corrected chi connectivity index (χ4v) is 10.8. The quantitative estimate of drug-likeness (QED) is 0.0261. The normalized spacial score (nSPS) is 18.9. The van der Waals surface area contributed by atoms with Gasteiger partial charge in [0.2, 0.25) is 5.91 Å². The second kappa shape index (κ2) is 56.0. The summed E-state index contributed by atoms with van der Waals surface area (Å²) >= 11 is 0. The highest BCUT2D eigenvalue weighted by Gasteiger charge is 2.44. The van der Waals surface area contributed by atoms with E-state index in [1.165, 1.54) is 276 Å². The van der Waals surface area contributed by atoms with Crippen molar-refractivity contribution < 1.29 is 39.8 Å². The Bertz CT molecular complexity index is 1230. The highest BCUT2D eigenvalue weighted by molar-refractivity contribution is 5.76. The van der Waals surface area contributed by atoms with E-state index in [1.807, 2.05) is 6.08 Å². The lowest BCUT2D eigenvalue weighted by Crippen LogP contribution is -2.60. The van der Waals surface area contributed by atoms with Crippen molar-refractivity contribution in [2.75, 3.05) is 13.2 Å². The standard InChI is InChI=1S/C66H127NO8/c1-3-5-7-9-11-13-15-17-19-21-22-23-24-25-26-27-28-29-30-31-32-33-34-35-36-37-38-40-42-44-46-48-50-52-54-56-62(70)67-59(58-74-66-65(73)64(72)63(71)61(57-68)75-66)60(69)55-53-51-49-47-45-43-41-39-20-18-16-14-12-10-8-6-4-2/h27-28,53,55,59-61,63-66,68-69,71-73H,3-26,29-52,54,56-58H2,1-2H3,(H,67,70)/b28-27-,55-53+. The number of carbonyl (C=O) groups is 1. The van der Waals surface area contributed by atoms with Gasteiger partial charge < -0.3 is 40.3 Å². The van der Waals surface area contributed by atoms with Crippen LogP contribution in [-0.2, 0) is 14.3 Å². The van der Waals surface area contributed by atoms with Gasteiger partial charge in [-0.1, -0.05) is 308 Å². The topological polar surface area (TPSA) is 149 Å². The lowest BCUT2D eigenvalue weighted by atomic mass is 9.99. The summed E-state index contributed by atoms with van der Waals surface area (Å²) in [4.78, 5) is 13.1. The number of hydrogen-bond acceptors (Lipinski definition) is 8. The number of rotatable bonds is 58. The van der Waals surface area contributed by atoms with E-state index in [9.17, 15) is 30.3 Å². The number of ether oxygens (including phenoxy) is 2. The fourth-order valence-electron chi connectivity index (χ4n) is 10.8. The molecule has 7 unspecified atom stereocenters. The lowest BCUT2D eigenvalue weighted by Gasteiger charge is -2.40. The molecule has 1 heterocycles. The number of aliphatic hydroxyl groups excluding tert-OH is 5. The molecule has 1 aliphatic rings. The molecular formula is C66H127NO8. The summed E-state index contributed by atoms with van der Waals surface area (Å²) in [6, 6.07) is -0.803. The zero-order valence-electron chi connectivity index (χ0n) is 49.6. The number of unbranched alkanes of at least 4 members (excludes halogenated alkanes) is 46. The summed E-state index contributed by atoms with van der Waals surface area (Å²) in [6.07, 6.45) is 65.7. The van der Waals surface area contributed by atoms with Gasteiger partial charge in [-0.05, 0) is 44.9 Å². The number of amides is 1. The second-order valence-corrected chi connectivity index (χ2v) is 23.3. The molecule has 0 saturated carbocycles. The molecule has 0 aromatic carbocycles. The monoisotopic (exact) mass is 1060 g/mol. The maximum atomic E-state index is 13.1. The van der Waals surface area contributed by atoms with Gasteiger partial charge in [0, 0.05) is 6.42 Å². The summed E-state index contributed by atoms with van der Waals surface area (Å²) in [6.45, 7) is 3.82. The first kappa shape index (κ1) is 71.7. The first-order valence-electron chi connectivity index (χ1n) is 33.1. The second-order valence-electron chi connectivity index (χ2n) is 23.3. The van der Waals surface area contributed by atoms with Crippen molar-refractivity contribution in [3.63, 3.8) is 0 Å². The van der Waals surface area contributed by atoms with Gasteiger partial charge >= 0.3 is 0 Å². The van der Waals surface area contributed by atoms with Crippen molar-refractivity contribution in [3.05, 3.63) is 24.3 Å². The van der Waals surface area contributed by atoms with Gasteiger partial charge in [0.25, 0.3) is 0 Å². The molecule has 7 atom stereocenters. The first-order chi connectivity index (χ1) is 36.8. The van der Waals surface area contributed by atoms with Crippen LogP contribution >= 0.6 is 0 Å². The number of nitrogens with one attached hydrogen (secondary N) is 1. The molecule has 0 aromatic rings. The van der Waals surface area contributed by atoms with Crippen LogP contribution in [0.2, 0.25) is 0 Å². The highest BCUT2D eigenvalue weighted by Crippen LogP contribution is 2.23. The van der Waals surface area contributed by atoms with E-state index in [4.69, 9.17) is 9.47 Å². The van der Waals surface area contributed by atoms with E-state index in [0.717, 1.165) is 38.5 Å². The molecule has 75 heavy (non-hydrogen) atoms. The van der Waals surface area contributed by atoms with E-state index in [-0.39, 0.29) is 12.5 Å². The third kappa shape index (κ3) is 45.1. The molecule has 444 valence electrons. The largest absolute Gasteiger partial charge is 0.394 e. The summed E-state index contributed by atoms with van der Waals surface area (Å²) < 4.78 is 11.3. The van der Waals surface area contributed by atoms with Gasteiger partial charge in [-0.2, -0.15) is 0 Å². The number of allylic oxidation sites excluding steroid dienone is 3. The molecule has 6 N–H and O–H groups in total. The zero-order valence-corrected chi connectivity index (χ0v) is 49.6. The van der Waals surface area contributed by atoms with Crippen LogP contribution in [0.25, 0.3) is 0 Å². The van der Waals surface area contributed by atoms with Gasteiger partial charge in [0.05, 0.1) is 25.4 Å². The molecule has 0 aromatic heterocycles. The molecule has 1 saturated heterocycles. The maximum Gasteiger partial charge on any atom is 0.220 e. The average Bonchev–Trinajstić information content (AvgIpc) is 3.41. The van der Waals surface area contributed by atoms with Crippen LogP contribution in [0.5, 0.6) is 0 Å². The summed E-state index contributed by atoms with van der Waals surface area (Å²) in [5.41, 5.74) is 0. The summed E-state index contributed by atoms with van der Waals surface area (Å²) in [5.74, 6) is -0.170. The molecule has 1 rings (SSSR count). The summed E-state index contributed by atoms with van der Waals surface area (Å²) in [7, 11) is 0. The van der Waals surface area contributed by atoms with Crippen LogP contribution in [0.15, 0.2) is 24.3 Å². The van der Waals surface area contributed by atoms with E-state index in [2.05, 4.69) is 31.3 Å². The summed E-state index contributed by atoms with van der Waals surface area (Å²) in [5, 5.41) is 54.6. The molecule has 1 amide bonds. The van der Waals surface area contributed by atoms with Crippen molar-refractivity contribution in [2.24, 2.45) is 0 Å². The Labute approximate surface area is 464 Å². The van der Waals surface area contributed by atoms with Gasteiger partial charge in [0.15, 0.2) is 6.29 Å². The van der Waals surface area contributed by atoms with Gasteiger partial charge in [-0.25, -0.2) is 0 Å². The molecule has 0 aliphatic carbocycles.